The van der Waals surface area contributed by atoms with Crippen molar-refractivity contribution in [2.24, 2.45) is 0 Å². The lowest BCUT2D eigenvalue weighted by Crippen LogP contribution is -2.24. The molecule has 0 saturated carbocycles. The number of hydrogen-bond acceptors (Lipinski definition) is 4. The third kappa shape index (κ3) is 2.73. The Morgan fingerprint density at radius 3 is 2.81 bits per heavy atom. The molecule has 8 heteroatoms. The summed E-state index contributed by atoms with van der Waals surface area (Å²) in [5.74, 6) is -1.91. The summed E-state index contributed by atoms with van der Waals surface area (Å²) in [6.07, 6.45) is 0.391. The number of rotatable bonds is 4. The number of nitrogens with two attached hydrogens (primary N) is 1. The normalized spacial score (nSPS) is 10.4. The molecule has 1 aromatic carbocycles. The van der Waals surface area contributed by atoms with E-state index in [9.17, 15) is 18.4 Å². The van der Waals surface area contributed by atoms with Crippen molar-refractivity contribution < 1.29 is 18.4 Å². The fourth-order valence-electron chi connectivity index (χ4n) is 1.82. The highest BCUT2D eigenvalue weighted by atomic mass is 19.1. The highest BCUT2D eigenvalue weighted by Gasteiger charge is 2.20. The molecule has 1 amide bonds. The van der Waals surface area contributed by atoms with Gasteiger partial charge in [-0.1, -0.05) is 0 Å². The van der Waals surface area contributed by atoms with Crippen molar-refractivity contribution in [3.8, 4) is 11.3 Å². The van der Waals surface area contributed by atoms with E-state index >= 15 is 0 Å². The van der Waals surface area contributed by atoms with E-state index in [4.69, 9.17) is 5.73 Å². The van der Waals surface area contributed by atoms with Gasteiger partial charge in [0.05, 0.1) is 5.56 Å². The van der Waals surface area contributed by atoms with Gasteiger partial charge < -0.3 is 11.1 Å². The van der Waals surface area contributed by atoms with Crippen LogP contribution in [-0.2, 0) is 11.3 Å². The van der Waals surface area contributed by atoms with Gasteiger partial charge in [-0.15, -0.1) is 0 Å². The van der Waals surface area contributed by atoms with Crippen molar-refractivity contribution in [1.82, 2.24) is 15.1 Å². The minimum absolute atomic E-state index is 0.0905. The number of carbonyl (C=O) groups excluding carboxylic acids is 2. The zero-order chi connectivity index (χ0) is 15.6. The first-order valence-electron chi connectivity index (χ1n) is 5.95. The van der Waals surface area contributed by atoms with Crippen LogP contribution in [0.3, 0.4) is 0 Å². The molecule has 2 aromatic rings. The van der Waals surface area contributed by atoms with Gasteiger partial charge in [-0.05, 0) is 18.2 Å². The number of amides is 1. The molecule has 1 aromatic heterocycles. The Hall–Kier alpha value is -2.77. The molecule has 2 rings (SSSR count). The number of nitrogen functional groups attached to an aromatic ring is 1. The summed E-state index contributed by atoms with van der Waals surface area (Å²) in [5, 5.41) is 6.30. The third-order valence-electron chi connectivity index (χ3n) is 2.90. The topological polar surface area (TPSA) is 90.0 Å². The molecule has 0 radical (unpaired) electrons. The summed E-state index contributed by atoms with van der Waals surface area (Å²) < 4.78 is 28.1. The Labute approximate surface area is 118 Å². The van der Waals surface area contributed by atoms with E-state index in [1.165, 1.54) is 7.05 Å². The average Bonchev–Trinajstić information content (AvgIpc) is 2.77. The number of hydrogen-bond donors (Lipinski definition) is 2. The van der Waals surface area contributed by atoms with Crippen LogP contribution in [0.5, 0.6) is 0 Å². The second-order valence-electron chi connectivity index (χ2n) is 4.22. The van der Waals surface area contributed by atoms with E-state index in [1.807, 2.05) is 0 Å². The number of anilines is 1. The highest BCUT2D eigenvalue weighted by molar-refractivity contribution is 5.92. The fourth-order valence-corrected chi connectivity index (χ4v) is 1.82. The van der Waals surface area contributed by atoms with Crippen LogP contribution in [-0.4, -0.2) is 29.0 Å². The highest BCUT2D eigenvalue weighted by Crippen LogP contribution is 2.28. The van der Waals surface area contributed by atoms with Crippen molar-refractivity contribution in [3.05, 3.63) is 35.4 Å². The van der Waals surface area contributed by atoms with Gasteiger partial charge in [0, 0.05) is 12.6 Å². The van der Waals surface area contributed by atoms with Crippen molar-refractivity contribution in [1.29, 1.82) is 0 Å². The first-order chi connectivity index (χ1) is 9.97. The van der Waals surface area contributed by atoms with Crippen molar-refractivity contribution >= 4 is 18.0 Å². The molecule has 0 aliphatic heterocycles. The number of nitrogens with one attached hydrogen (secondary N) is 1. The third-order valence-corrected chi connectivity index (χ3v) is 2.90. The second kappa shape index (κ2) is 5.70. The van der Waals surface area contributed by atoms with Crippen LogP contribution in [0.1, 0.15) is 10.4 Å². The SMILES string of the molecule is CNC(=O)Cn1nc(-c2cc(F)ccc2F)c(C=O)c1N. The van der Waals surface area contributed by atoms with E-state index in [-0.39, 0.29) is 29.2 Å². The summed E-state index contributed by atoms with van der Waals surface area (Å²) in [5.41, 5.74) is 5.32. The number of benzene rings is 1. The number of nitrogens with zero attached hydrogens (tertiary/aromatic N) is 2. The first-order valence-corrected chi connectivity index (χ1v) is 5.95. The monoisotopic (exact) mass is 294 g/mol. The lowest BCUT2D eigenvalue weighted by atomic mass is 10.1. The zero-order valence-electron chi connectivity index (χ0n) is 11.1. The van der Waals surface area contributed by atoms with Crippen LogP contribution < -0.4 is 11.1 Å². The standard InChI is InChI=1S/C13H12F2N4O2/c1-17-11(21)5-19-13(16)9(6-20)12(18-19)8-4-7(14)2-3-10(8)15/h2-4,6H,5,16H2,1H3,(H,17,21). The summed E-state index contributed by atoms with van der Waals surface area (Å²) in [6.45, 7) is -0.236. The van der Waals surface area contributed by atoms with E-state index in [0.29, 0.717) is 6.29 Å². The lowest BCUT2D eigenvalue weighted by molar-refractivity contribution is -0.121. The van der Waals surface area contributed by atoms with Gasteiger partial charge in [0.2, 0.25) is 5.91 Å². The summed E-state index contributed by atoms with van der Waals surface area (Å²) in [4.78, 5) is 22.5. The number of halogens is 2. The first kappa shape index (κ1) is 14.6. The minimum Gasteiger partial charge on any atom is -0.383 e. The van der Waals surface area contributed by atoms with Crippen LogP contribution >= 0.6 is 0 Å². The summed E-state index contributed by atoms with van der Waals surface area (Å²) in [7, 11) is 1.43. The largest absolute Gasteiger partial charge is 0.383 e. The Morgan fingerprint density at radius 1 is 1.48 bits per heavy atom. The predicted octanol–water partition coefficient (Wildman–Crippen LogP) is 0.969. The molecule has 0 atom stereocenters. The van der Waals surface area contributed by atoms with Gasteiger partial charge in [0.25, 0.3) is 0 Å². The van der Waals surface area contributed by atoms with Gasteiger partial charge >= 0.3 is 0 Å². The van der Waals surface area contributed by atoms with Gasteiger partial charge in [0.15, 0.2) is 6.29 Å². The zero-order valence-corrected chi connectivity index (χ0v) is 11.1. The molecule has 0 unspecified atom stereocenters. The average molecular weight is 294 g/mol. The van der Waals surface area contributed by atoms with E-state index in [1.54, 1.807) is 0 Å². The molecule has 0 aliphatic carbocycles. The van der Waals surface area contributed by atoms with Crippen LogP contribution in [0.2, 0.25) is 0 Å². The molecule has 1 heterocycles. The molecule has 0 bridgehead atoms. The van der Waals surface area contributed by atoms with Gasteiger partial charge in [-0.2, -0.15) is 5.10 Å². The summed E-state index contributed by atoms with van der Waals surface area (Å²) >= 11 is 0. The molecular weight excluding hydrogens is 282 g/mol. The number of aldehydes is 1. The fraction of sp³-hybridized carbons (Fsp3) is 0.154. The number of likely N-dealkylation sites (N-methyl/N-ethyl adjacent to an activating group) is 1. The van der Waals surface area contributed by atoms with Crippen LogP contribution in [0.15, 0.2) is 18.2 Å². The van der Waals surface area contributed by atoms with Gasteiger partial charge in [0.1, 0.15) is 29.7 Å². The van der Waals surface area contributed by atoms with Crippen molar-refractivity contribution in [3.63, 3.8) is 0 Å². The van der Waals surface area contributed by atoms with Crippen molar-refractivity contribution in [2.75, 3.05) is 12.8 Å². The molecule has 6 nitrogen and oxygen atoms in total. The second-order valence-corrected chi connectivity index (χ2v) is 4.22. The number of carbonyl (C=O) groups is 2. The Morgan fingerprint density at radius 2 is 2.19 bits per heavy atom. The van der Waals surface area contributed by atoms with Gasteiger partial charge in [-0.25, -0.2) is 13.5 Å². The minimum atomic E-state index is -0.746. The molecular formula is C13H12F2N4O2. The van der Waals surface area contributed by atoms with Gasteiger partial charge in [-0.3, -0.25) is 9.59 Å². The quantitative estimate of drug-likeness (QED) is 0.822. The predicted molar refractivity (Wildman–Crippen MR) is 71.4 cm³/mol. The molecule has 0 fully saturated rings. The summed E-state index contributed by atoms with van der Waals surface area (Å²) in [6, 6.07) is 2.78. The molecule has 21 heavy (non-hydrogen) atoms. The number of aromatic nitrogens is 2. The molecule has 0 spiro atoms. The molecule has 0 aliphatic rings. The maximum absolute atomic E-state index is 13.8. The van der Waals surface area contributed by atoms with Crippen LogP contribution in [0.25, 0.3) is 11.3 Å². The Kier molecular flexibility index (Phi) is 3.97. The van der Waals surface area contributed by atoms with Crippen molar-refractivity contribution in [2.45, 2.75) is 6.54 Å². The molecule has 3 N–H and O–H groups in total. The van der Waals surface area contributed by atoms with E-state index in [2.05, 4.69) is 10.4 Å². The maximum atomic E-state index is 13.8. The molecule has 110 valence electrons. The van der Waals surface area contributed by atoms with Crippen LogP contribution in [0, 0.1) is 11.6 Å². The smallest absolute Gasteiger partial charge is 0.241 e. The van der Waals surface area contributed by atoms with Crippen LogP contribution in [0.4, 0.5) is 14.6 Å². The van der Waals surface area contributed by atoms with E-state index < -0.39 is 17.5 Å². The Balaban J connectivity index is 2.58. The van der Waals surface area contributed by atoms with E-state index in [0.717, 1.165) is 22.9 Å². The maximum Gasteiger partial charge on any atom is 0.241 e. The Bertz CT molecular complexity index is 712. The molecule has 0 saturated heterocycles. The lowest BCUT2D eigenvalue weighted by Gasteiger charge is -2.02.